The van der Waals surface area contributed by atoms with Crippen molar-refractivity contribution in [3.63, 3.8) is 0 Å². The molecule has 1 saturated heterocycles. The Morgan fingerprint density at radius 1 is 1.56 bits per heavy atom. The second-order valence-electron chi connectivity index (χ2n) is 4.79. The van der Waals surface area contributed by atoms with E-state index in [-0.39, 0.29) is 23.5 Å². The van der Waals surface area contributed by atoms with Crippen LogP contribution >= 0.6 is 0 Å². The largest absolute Gasteiger partial charge is 0.383 e. The number of hydrogen-bond acceptors (Lipinski definition) is 6. The van der Waals surface area contributed by atoms with Gasteiger partial charge in [0.1, 0.15) is 5.82 Å². The van der Waals surface area contributed by atoms with Crippen molar-refractivity contribution in [1.29, 1.82) is 0 Å². The number of anilines is 1. The van der Waals surface area contributed by atoms with Gasteiger partial charge in [-0.3, -0.25) is 11.3 Å². The molecule has 0 spiro atoms. The van der Waals surface area contributed by atoms with E-state index in [1.807, 2.05) is 13.0 Å². The van der Waals surface area contributed by atoms with E-state index in [4.69, 9.17) is 11.6 Å². The van der Waals surface area contributed by atoms with E-state index in [2.05, 4.69) is 10.4 Å². The minimum atomic E-state index is -2.94. The van der Waals surface area contributed by atoms with Gasteiger partial charge in [-0.1, -0.05) is 0 Å². The molecule has 1 aliphatic heterocycles. The lowest BCUT2D eigenvalue weighted by Gasteiger charge is -2.23. The quantitative estimate of drug-likeness (QED) is 0.523. The Bertz CT molecular complexity index is 544. The van der Waals surface area contributed by atoms with Crippen molar-refractivity contribution in [1.82, 2.24) is 10.4 Å². The monoisotopic (exact) mass is 270 g/mol. The molecule has 1 aliphatic rings. The molecule has 0 aliphatic carbocycles. The van der Waals surface area contributed by atoms with Gasteiger partial charge < -0.3 is 5.73 Å². The average Bonchev–Trinajstić information content (AvgIpc) is 2.65. The van der Waals surface area contributed by atoms with E-state index in [1.165, 1.54) is 0 Å². The van der Waals surface area contributed by atoms with Crippen LogP contribution in [0.4, 0.5) is 5.82 Å². The molecule has 2 rings (SSSR count). The van der Waals surface area contributed by atoms with Crippen LogP contribution in [0.2, 0.25) is 0 Å². The van der Waals surface area contributed by atoms with Crippen LogP contribution < -0.4 is 17.0 Å². The topological polar surface area (TPSA) is 111 Å². The number of nitrogens with two attached hydrogens (primary N) is 2. The first kappa shape index (κ1) is 13.3. The first-order valence-corrected chi connectivity index (χ1v) is 7.63. The van der Waals surface area contributed by atoms with Gasteiger partial charge in [-0.2, -0.15) is 0 Å². The molecule has 100 valence electrons. The maximum Gasteiger partial charge on any atom is 0.150 e. The maximum atomic E-state index is 11.5. The van der Waals surface area contributed by atoms with E-state index in [1.54, 1.807) is 6.20 Å². The summed E-state index contributed by atoms with van der Waals surface area (Å²) < 4.78 is 23.1. The molecule has 2 unspecified atom stereocenters. The Morgan fingerprint density at radius 3 is 2.83 bits per heavy atom. The molecule has 18 heavy (non-hydrogen) atoms. The third-order valence-electron chi connectivity index (χ3n) is 3.34. The van der Waals surface area contributed by atoms with Crippen LogP contribution in [0, 0.1) is 12.8 Å². The molecule has 0 radical (unpaired) electrons. The summed E-state index contributed by atoms with van der Waals surface area (Å²) in [5.41, 5.74) is 10.3. The van der Waals surface area contributed by atoms with Crippen molar-refractivity contribution < 1.29 is 8.42 Å². The van der Waals surface area contributed by atoms with Crippen LogP contribution in [-0.2, 0) is 9.84 Å². The zero-order chi connectivity index (χ0) is 13.3. The molecule has 2 atom stereocenters. The normalized spacial score (nSPS) is 24.0. The lowest BCUT2D eigenvalue weighted by molar-refractivity contribution is 0.399. The fraction of sp³-hybridized carbons (Fsp3) is 0.545. The fourth-order valence-electron chi connectivity index (χ4n) is 2.42. The van der Waals surface area contributed by atoms with Crippen LogP contribution in [0.5, 0.6) is 0 Å². The second-order valence-corrected chi connectivity index (χ2v) is 7.02. The van der Waals surface area contributed by atoms with Crippen molar-refractivity contribution in [3.05, 3.63) is 23.4 Å². The number of pyridine rings is 1. The summed E-state index contributed by atoms with van der Waals surface area (Å²) in [6.45, 7) is 1.91. The Balaban J connectivity index is 2.31. The summed E-state index contributed by atoms with van der Waals surface area (Å²) in [6.07, 6.45) is 2.28. The summed E-state index contributed by atoms with van der Waals surface area (Å²) in [5.74, 6) is 6.28. The molecule has 0 aromatic carbocycles. The Morgan fingerprint density at radius 2 is 2.28 bits per heavy atom. The van der Waals surface area contributed by atoms with Gasteiger partial charge in [0, 0.05) is 11.8 Å². The number of nitrogen functional groups attached to an aromatic ring is 1. The number of hydrogen-bond donors (Lipinski definition) is 3. The third-order valence-corrected chi connectivity index (χ3v) is 5.13. The van der Waals surface area contributed by atoms with Gasteiger partial charge in [-0.05, 0) is 30.9 Å². The summed E-state index contributed by atoms with van der Waals surface area (Å²) in [7, 11) is -2.94. The van der Waals surface area contributed by atoms with Gasteiger partial charge in [0.2, 0.25) is 0 Å². The standard InChI is InChI=1S/C11H18N4O2S/c1-7-4-9(11(12)14-5-7)10(15-13)8-2-3-18(16,17)6-8/h4-5,8,10,15H,2-3,6,13H2,1H3,(H2,12,14). The number of aromatic nitrogens is 1. The van der Waals surface area contributed by atoms with Crippen molar-refractivity contribution in [2.45, 2.75) is 19.4 Å². The molecule has 1 aromatic rings. The van der Waals surface area contributed by atoms with E-state index < -0.39 is 9.84 Å². The predicted molar refractivity (Wildman–Crippen MR) is 70.2 cm³/mol. The van der Waals surface area contributed by atoms with Gasteiger partial charge in [0.15, 0.2) is 9.84 Å². The number of sulfone groups is 1. The Kier molecular flexibility index (Phi) is 3.56. The van der Waals surface area contributed by atoms with Gasteiger partial charge >= 0.3 is 0 Å². The van der Waals surface area contributed by atoms with Crippen molar-refractivity contribution in [2.75, 3.05) is 17.2 Å². The highest BCUT2D eigenvalue weighted by Gasteiger charge is 2.35. The highest BCUT2D eigenvalue weighted by Crippen LogP contribution is 2.33. The molecular weight excluding hydrogens is 252 g/mol. The highest BCUT2D eigenvalue weighted by atomic mass is 32.2. The molecule has 6 nitrogen and oxygen atoms in total. The number of hydrazine groups is 1. The smallest absolute Gasteiger partial charge is 0.150 e. The van der Waals surface area contributed by atoms with E-state index >= 15 is 0 Å². The first-order chi connectivity index (χ1) is 8.43. The van der Waals surface area contributed by atoms with E-state index in [0.29, 0.717) is 12.2 Å². The van der Waals surface area contributed by atoms with Gasteiger partial charge in [-0.15, -0.1) is 0 Å². The summed E-state index contributed by atoms with van der Waals surface area (Å²) in [5, 5.41) is 0. The van der Waals surface area contributed by atoms with Crippen LogP contribution in [0.15, 0.2) is 12.3 Å². The number of nitrogens with zero attached hydrogens (tertiary/aromatic N) is 1. The molecule has 1 aromatic heterocycles. The molecule has 0 saturated carbocycles. The Labute approximate surface area is 107 Å². The number of aryl methyl sites for hydroxylation is 1. The molecule has 7 heteroatoms. The fourth-order valence-corrected chi connectivity index (χ4v) is 4.26. The molecule has 5 N–H and O–H groups in total. The third kappa shape index (κ3) is 2.63. The number of nitrogens with one attached hydrogen (secondary N) is 1. The summed E-state index contributed by atoms with van der Waals surface area (Å²) >= 11 is 0. The van der Waals surface area contributed by atoms with E-state index in [9.17, 15) is 8.42 Å². The number of rotatable bonds is 3. The highest BCUT2D eigenvalue weighted by molar-refractivity contribution is 7.91. The minimum Gasteiger partial charge on any atom is -0.383 e. The zero-order valence-electron chi connectivity index (χ0n) is 10.3. The van der Waals surface area contributed by atoms with Gasteiger partial charge in [-0.25, -0.2) is 13.4 Å². The van der Waals surface area contributed by atoms with Crippen LogP contribution in [0.25, 0.3) is 0 Å². The first-order valence-electron chi connectivity index (χ1n) is 5.81. The minimum absolute atomic E-state index is 0.0501. The van der Waals surface area contributed by atoms with Crippen molar-refractivity contribution >= 4 is 15.7 Å². The van der Waals surface area contributed by atoms with Crippen LogP contribution in [0.1, 0.15) is 23.6 Å². The van der Waals surface area contributed by atoms with Crippen LogP contribution in [0.3, 0.4) is 0 Å². The Hall–Kier alpha value is -1.18. The van der Waals surface area contributed by atoms with Crippen LogP contribution in [-0.4, -0.2) is 24.9 Å². The molecule has 2 heterocycles. The summed E-state index contributed by atoms with van der Waals surface area (Å²) in [6, 6.07) is 1.63. The molecule has 0 bridgehead atoms. The molecule has 0 amide bonds. The lowest BCUT2D eigenvalue weighted by atomic mass is 9.93. The lowest BCUT2D eigenvalue weighted by Crippen LogP contribution is -2.35. The summed E-state index contributed by atoms with van der Waals surface area (Å²) in [4.78, 5) is 4.09. The average molecular weight is 270 g/mol. The van der Waals surface area contributed by atoms with Gasteiger partial charge in [0.25, 0.3) is 0 Å². The SMILES string of the molecule is Cc1cnc(N)c(C(NN)C2CCS(=O)(=O)C2)c1. The zero-order valence-corrected chi connectivity index (χ0v) is 11.1. The van der Waals surface area contributed by atoms with E-state index in [0.717, 1.165) is 11.1 Å². The van der Waals surface area contributed by atoms with Crippen molar-refractivity contribution in [2.24, 2.45) is 11.8 Å². The molecular formula is C11H18N4O2S. The van der Waals surface area contributed by atoms with Gasteiger partial charge in [0.05, 0.1) is 17.5 Å². The van der Waals surface area contributed by atoms with Crippen molar-refractivity contribution in [3.8, 4) is 0 Å². The predicted octanol–water partition coefficient (Wildman–Crippen LogP) is -0.0887. The maximum absolute atomic E-state index is 11.5. The molecule has 1 fully saturated rings. The second kappa shape index (κ2) is 4.83.